The first kappa shape index (κ1) is 12.6. The van der Waals surface area contributed by atoms with E-state index in [0.29, 0.717) is 19.6 Å². The third-order valence-corrected chi connectivity index (χ3v) is 3.19. The van der Waals surface area contributed by atoms with Crippen molar-refractivity contribution in [3.63, 3.8) is 0 Å². The molecule has 1 amide bonds. The van der Waals surface area contributed by atoms with Gasteiger partial charge >= 0.3 is 6.09 Å². The minimum Gasteiger partial charge on any atom is -0.444 e. The maximum atomic E-state index is 12.0. The van der Waals surface area contributed by atoms with Gasteiger partial charge in [-0.3, -0.25) is 0 Å². The quantitative estimate of drug-likeness (QED) is 0.693. The van der Waals surface area contributed by atoms with Crippen LogP contribution in [0.1, 0.15) is 33.6 Å². The molecule has 5 nitrogen and oxygen atoms in total. The fraction of sp³-hybridized carbons (Fsp3) is 0.917. The Morgan fingerprint density at radius 1 is 1.41 bits per heavy atom. The van der Waals surface area contributed by atoms with Crippen LogP contribution in [0.2, 0.25) is 0 Å². The van der Waals surface area contributed by atoms with E-state index in [1.54, 1.807) is 4.90 Å². The third kappa shape index (κ3) is 2.72. The van der Waals surface area contributed by atoms with E-state index in [1.807, 2.05) is 20.8 Å². The number of fused-ring (bicyclic) bond motifs is 1. The second-order valence-corrected chi connectivity index (χ2v) is 5.72. The summed E-state index contributed by atoms with van der Waals surface area (Å²) >= 11 is 0. The van der Waals surface area contributed by atoms with Gasteiger partial charge < -0.3 is 19.5 Å². The Kier molecular flexibility index (Phi) is 3.32. The first-order valence-electron chi connectivity index (χ1n) is 6.18. The normalized spacial score (nSPS) is 33.4. The molecule has 0 unspecified atom stereocenters. The van der Waals surface area contributed by atoms with Crippen LogP contribution in [0.25, 0.3) is 0 Å². The zero-order valence-electron chi connectivity index (χ0n) is 10.7. The molecule has 0 aromatic rings. The lowest BCUT2D eigenvalue weighted by Gasteiger charge is -2.38. The second kappa shape index (κ2) is 4.46. The number of hydrogen-bond donors (Lipinski definition) is 1. The van der Waals surface area contributed by atoms with Crippen molar-refractivity contribution in [1.29, 1.82) is 0 Å². The topological polar surface area (TPSA) is 59.0 Å². The second-order valence-electron chi connectivity index (χ2n) is 5.72. The van der Waals surface area contributed by atoms with E-state index in [-0.39, 0.29) is 18.2 Å². The Labute approximate surface area is 102 Å². The lowest BCUT2D eigenvalue weighted by molar-refractivity contribution is -0.0953. The molecule has 1 aliphatic heterocycles. The molecule has 5 heteroatoms. The summed E-state index contributed by atoms with van der Waals surface area (Å²) in [7, 11) is 0. The first-order chi connectivity index (χ1) is 7.88. The number of aliphatic hydroxyl groups excluding tert-OH is 1. The zero-order chi connectivity index (χ0) is 12.6. The highest BCUT2D eigenvalue weighted by Gasteiger charge is 2.44. The van der Waals surface area contributed by atoms with E-state index >= 15 is 0 Å². The Hall–Kier alpha value is -0.810. The summed E-state index contributed by atoms with van der Waals surface area (Å²) in [5.41, 5.74) is -0.484. The molecule has 3 atom stereocenters. The highest BCUT2D eigenvalue weighted by Crippen LogP contribution is 2.31. The van der Waals surface area contributed by atoms with Gasteiger partial charge in [0, 0.05) is 6.54 Å². The van der Waals surface area contributed by atoms with Gasteiger partial charge in [0.1, 0.15) is 11.7 Å². The summed E-state index contributed by atoms with van der Waals surface area (Å²) < 4.78 is 10.9. The van der Waals surface area contributed by atoms with Gasteiger partial charge in [0.25, 0.3) is 0 Å². The van der Waals surface area contributed by atoms with Gasteiger partial charge in [0.05, 0.1) is 18.8 Å². The minimum absolute atomic E-state index is 0.0337. The van der Waals surface area contributed by atoms with Gasteiger partial charge in [0.2, 0.25) is 0 Å². The van der Waals surface area contributed by atoms with Crippen LogP contribution in [-0.2, 0) is 9.47 Å². The molecule has 17 heavy (non-hydrogen) atoms. The van der Waals surface area contributed by atoms with Crippen molar-refractivity contribution < 1.29 is 19.4 Å². The fourth-order valence-electron chi connectivity index (χ4n) is 2.48. The Bertz CT molecular complexity index is 299. The molecule has 2 aliphatic rings. The summed E-state index contributed by atoms with van der Waals surface area (Å²) in [6.07, 6.45) is 0.478. The third-order valence-electron chi connectivity index (χ3n) is 3.19. The Morgan fingerprint density at radius 2 is 2.12 bits per heavy atom. The molecule has 98 valence electrons. The van der Waals surface area contributed by atoms with Crippen LogP contribution in [0.5, 0.6) is 0 Å². The molecule has 2 fully saturated rings. The average Bonchev–Trinajstić information content (AvgIpc) is 2.58. The van der Waals surface area contributed by atoms with Gasteiger partial charge in [-0.1, -0.05) is 0 Å². The standard InChI is InChI=1S/C12H21NO4/c1-12(2,3)17-11(15)13-6-7-16-10-8(13)4-5-9(10)14/h8-10,14H,4-7H2,1-3H3/t8-,9-,10-/m0/s1. The fourth-order valence-corrected chi connectivity index (χ4v) is 2.48. The summed E-state index contributed by atoms with van der Waals surface area (Å²) in [6, 6.07) is -0.0337. The van der Waals surface area contributed by atoms with Gasteiger partial charge in [-0.25, -0.2) is 4.79 Å². The van der Waals surface area contributed by atoms with E-state index in [1.165, 1.54) is 0 Å². The van der Waals surface area contributed by atoms with Crippen molar-refractivity contribution in [3.05, 3.63) is 0 Å². The van der Waals surface area contributed by atoms with Crippen LogP contribution >= 0.6 is 0 Å². The van der Waals surface area contributed by atoms with E-state index in [0.717, 1.165) is 6.42 Å². The minimum atomic E-state index is -0.484. The van der Waals surface area contributed by atoms with E-state index in [2.05, 4.69) is 0 Å². The van der Waals surface area contributed by atoms with Crippen LogP contribution in [0, 0.1) is 0 Å². The number of amides is 1. The molecule has 1 aliphatic carbocycles. The first-order valence-corrected chi connectivity index (χ1v) is 6.18. The van der Waals surface area contributed by atoms with Crippen molar-refractivity contribution >= 4 is 6.09 Å². The maximum Gasteiger partial charge on any atom is 0.410 e. The van der Waals surface area contributed by atoms with Gasteiger partial charge in [-0.15, -0.1) is 0 Å². The van der Waals surface area contributed by atoms with Crippen LogP contribution in [-0.4, -0.2) is 53.1 Å². The summed E-state index contributed by atoms with van der Waals surface area (Å²) in [4.78, 5) is 13.7. The number of carbonyl (C=O) groups excluding carboxylic acids is 1. The Morgan fingerprint density at radius 3 is 2.76 bits per heavy atom. The average molecular weight is 243 g/mol. The number of ether oxygens (including phenoxy) is 2. The predicted molar refractivity (Wildman–Crippen MR) is 61.7 cm³/mol. The SMILES string of the molecule is CC(C)(C)OC(=O)N1CCO[C@@H]2[C@@H](O)CC[C@@H]21. The van der Waals surface area contributed by atoms with Crippen molar-refractivity contribution in [1.82, 2.24) is 4.90 Å². The van der Waals surface area contributed by atoms with Crippen molar-refractivity contribution in [3.8, 4) is 0 Å². The molecule has 1 saturated heterocycles. The van der Waals surface area contributed by atoms with Crippen LogP contribution in [0.15, 0.2) is 0 Å². The van der Waals surface area contributed by atoms with Crippen LogP contribution in [0.3, 0.4) is 0 Å². The highest BCUT2D eigenvalue weighted by molar-refractivity contribution is 5.69. The van der Waals surface area contributed by atoms with Crippen molar-refractivity contribution in [2.45, 2.75) is 57.5 Å². The number of nitrogens with zero attached hydrogens (tertiary/aromatic N) is 1. The number of morpholine rings is 1. The molecular weight excluding hydrogens is 222 g/mol. The summed E-state index contributed by atoms with van der Waals surface area (Å²) in [5, 5.41) is 9.75. The van der Waals surface area contributed by atoms with Crippen LogP contribution < -0.4 is 0 Å². The Balaban J connectivity index is 2.03. The highest BCUT2D eigenvalue weighted by atomic mass is 16.6. The van der Waals surface area contributed by atoms with Gasteiger partial charge in [-0.2, -0.15) is 0 Å². The monoisotopic (exact) mass is 243 g/mol. The molecule has 0 radical (unpaired) electrons. The molecular formula is C12H21NO4. The molecule has 2 rings (SSSR count). The number of aliphatic hydroxyl groups is 1. The summed E-state index contributed by atoms with van der Waals surface area (Å²) in [6.45, 7) is 6.57. The van der Waals surface area contributed by atoms with Crippen LogP contribution in [0.4, 0.5) is 4.79 Å². The maximum absolute atomic E-state index is 12.0. The zero-order valence-corrected chi connectivity index (χ0v) is 10.7. The molecule has 0 aromatic carbocycles. The van der Waals surface area contributed by atoms with E-state index < -0.39 is 11.7 Å². The van der Waals surface area contributed by atoms with Gasteiger partial charge in [-0.05, 0) is 33.6 Å². The van der Waals surface area contributed by atoms with Crippen molar-refractivity contribution in [2.75, 3.05) is 13.2 Å². The van der Waals surface area contributed by atoms with Crippen molar-refractivity contribution in [2.24, 2.45) is 0 Å². The van der Waals surface area contributed by atoms with E-state index in [9.17, 15) is 9.90 Å². The number of rotatable bonds is 0. The lowest BCUT2D eigenvalue weighted by Crippen LogP contribution is -2.54. The largest absolute Gasteiger partial charge is 0.444 e. The molecule has 1 saturated carbocycles. The molecule has 0 bridgehead atoms. The molecule has 0 aromatic heterocycles. The smallest absolute Gasteiger partial charge is 0.410 e. The van der Waals surface area contributed by atoms with E-state index in [4.69, 9.17) is 9.47 Å². The van der Waals surface area contributed by atoms with Gasteiger partial charge in [0.15, 0.2) is 0 Å². The number of hydrogen-bond acceptors (Lipinski definition) is 4. The summed E-state index contributed by atoms with van der Waals surface area (Å²) in [5.74, 6) is 0. The molecule has 1 N–H and O–H groups in total. The number of carbonyl (C=O) groups is 1. The molecule has 1 heterocycles. The molecule has 0 spiro atoms. The predicted octanol–water partition coefficient (Wildman–Crippen LogP) is 1.15. The lowest BCUT2D eigenvalue weighted by atomic mass is 10.1.